The number of nitrogens with zero attached hydrogens (tertiary/aromatic N) is 1. The molecule has 0 aliphatic heterocycles. The quantitative estimate of drug-likeness (QED) is 0.0330. The molecule has 0 bridgehead atoms. The Morgan fingerprint density at radius 2 is 1.24 bits per heavy atom. The maximum atomic E-state index is 14.6. The van der Waals surface area contributed by atoms with Gasteiger partial charge < -0.3 is 44.2 Å². The van der Waals surface area contributed by atoms with Crippen LogP contribution in [0.25, 0.3) is 0 Å². The van der Waals surface area contributed by atoms with Gasteiger partial charge in [0.25, 0.3) is 15.9 Å². The molecular formula is C48H69FN4O13S. The molecule has 0 saturated carbocycles. The van der Waals surface area contributed by atoms with Crippen molar-refractivity contribution in [3.63, 3.8) is 0 Å². The lowest BCUT2D eigenvalue weighted by Gasteiger charge is -2.19. The standard InChI is InChI=1S/C48H69FN4O13S/c1-48(2,3)66-46(57)16-14-12-10-8-6-4-5-7-9-11-13-15-37-33-40(20-23-42(37)49)65-39-18-21-41(22-19-39)67(59,60)53-43-24-17-38(34-52-43)47(58)51-26-28-62-29-31-63-35-44(54)50-25-27-61-30-32-64-36-45(55)56/h17-24,33-34H,4-16,25-32,35-36H2,1-3H3,(H,50,54)(H,51,58)(H,52,53)(H,55,56). The van der Waals surface area contributed by atoms with Crippen molar-refractivity contribution in [3.8, 4) is 11.5 Å². The lowest BCUT2D eigenvalue weighted by atomic mass is 10.0. The van der Waals surface area contributed by atoms with Crippen LogP contribution in [0, 0.1) is 5.82 Å². The summed E-state index contributed by atoms with van der Waals surface area (Å²) < 4.78 is 75.2. The van der Waals surface area contributed by atoms with Crippen LogP contribution in [0.4, 0.5) is 10.2 Å². The number of rotatable bonds is 36. The molecule has 17 nitrogen and oxygen atoms in total. The van der Waals surface area contributed by atoms with Crippen LogP contribution in [0.15, 0.2) is 65.7 Å². The summed E-state index contributed by atoms with van der Waals surface area (Å²) in [6, 6.07) is 13.2. The van der Waals surface area contributed by atoms with Crippen molar-refractivity contribution in [2.75, 3.05) is 70.7 Å². The van der Waals surface area contributed by atoms with E-state index in [9.17, 15) is 32.0 Å². The number of aryl methyl sites for hydroxylation is 1. The molecule has 2 amide bonds. The number of aromatic nitrogens is 1. The number of unbranched alkanes of at least 4 members (excludes halogenated alkanes) is 10. The number of hydrogen-bond acceptors (Lipinski definition) is 13. The number of carbonyl (C=O) groups excluding carboxylic acids is 3. The summed E-state index contributed by atoms with van der Waals surface area (Å²) in [7, 11) is -4.03. The highest BCUT2D eigenvalue weighted by Gasteiger charge is 2.17. The number of sulfonamides is 1. The third-order valence-electron chi connectivity index (χ3n) is 9.70. The minimum Gasteiger partial charge on any atom is -0.480 e. The molecule has 1 heterocycles. The molecule has 19 heteroatoms. The smallest absolute Gasteiger partial charge is 0.329 e. The first-order valence-electron chi connectivity index (χ1n) is 23.0. The summed E-state index contributed by atoms with van der Waals surface area (Å²) in [5.41, 5.74) is 0.350. The highest BCUT2D eigenvalue weighted by molar-refractivity contribution is 7.92. The SMILES string of the molecule is CC(C)(C)OC(=O)CCCCCCCCCCCCCc1cc(Oc2ccc(S(=O)(=O)Nc3ccc(C(=O)NCCOCCOCC(=O)NCCOCCOCC(=O)O)cn3)cc2)ccc1F. The Morgan fingerprint density at radius 3 is 1.84 bits per heavy atom. The molecule has 4 N–H and O–H groups in total. The topological polar surface area (TPSA) is 227 Å². The summed E-state index contributed by atoms with van der Waals surface area (Å²) >= 11 is 0. The van der Waals surface area contributed by atoms with E-state index >= 15 is 0 Å². The fourth-order valence-corrected chi connectivity index (χ4v) is 7.41. The molecule has 0 radical (unpaired) electrons. The molecule has 1 aromatic heterocycles. The summed E-state index contributed by atoms with van der Waals surface area (Å²) in [6.45, 7) is 6.63. The average molecular weight is 961 g/mol. The molecule has 3 rings (SSSR count). The van der Waals surface area contributed by atoms with Gasteiger partial charge in [0.2, 0.25) is 5.91 Å². The van der Waals surface area contributed by atoms with E-state index in [4.69, 9.17) is 33.5 Å². The molecule has 2 aromatic carbocycles. The first-order chi connectivity index (χ1) is 32.1. The van der Waals surface area contributed by atoms with Gasteiger partial charge in [-0.25, -0.2) is 22.6 Å². The van der Waals surface area contributed by atoms with E-state index in [0.29, 0.717) is 29.9 Å². The molecule has 3 aromatic rings. The average Bonchev–Trinajstić information content (AvgIpc) is 3.27. The van der Waals surface area contributed by atoms with E-state index in [1.54, 1.807) is 6.07 Å². The number of aliphatic carboxylic acids is 1. The first kappa shape index (κ1) is 56.1. The van der Waals surface area contributed by atoms with Gasteiger partial charge in [-0.3, -0.25) is 19.1 Å². The second-order valence-electron chi connectivity index (χ2n) is 16.7. The first-order valence-corrected chi connectivity index (χ1v) is 24.4. The van der Waals surface area contributed by atoms with Crippen LogP contribution in [0.5, 0.6) is 11.5 Å². The molecule has 0 saturated heterocycles. The van der Waals surface area contributed by atoms with Crippen molar-refractivity contribution in [1.29, 1.82) is 0 Å². The number of anilines is 1. The van der Waals surface area contributed by atoms with Crippen molar-refractivity contribution < 1.29 is 65.5 Å². The second-order valence-corrected chi connectivity index (χ2v) is 18.4. The molecule has 0 aliphatic carbocycles. The van der Waals surface area contributed by atoms with Gasteiger partial charge >= 0.3 is 11.9 Å². The monoisotopic (exact) mass is 960 g/mol. The van der Waals surface area contributed by atoms with Gasteiger partial charge in [0, 0.05) is 25.7 Å². The Bertz CT molecular complexity index is 2030. The number of pyridine rings is 1. The summed E-state index contributed by atoms with van der Waals surface area (Å²) in [5.74, 6) is -1.41. The number of benzene rings is 2. The van der Waals surface area contributed by atoms with E-state index in [-0.39, 0.29) is 93.3 Å². The van der Waals surface area contributed by atoms with E-state index in [2.05, 4.69) is 20.3 Å². The number of carbonyl (C=O) groups is 4. The fraction of sp³-hybridized carbons (Fsp3) is 0.562. The van der Waals surface area contributed by atoms with E-state index in [0.717, 1.165) is 44.9 Å². The van der Waals surface area contributed by atoms with Crippen molar-refractivity contribution in [3.05, 3.63) is 77.7 Å². The predicted molar refractivity (Wildman–Crippen MR) is 249 cm³/mol. The van der Waals surface area contributed by atoms with Crippen LogP contribution < -0.4 is 20.1 Å². The van der Waals surface area contributed by atoms with Crippen molar-refractivity contribution in [1.82, 2.24) is 15.6 Å². The lowest BCUT2D eigenvalue weighted by molar-refractivity contribution is -0.155. The number of nitrogens with one attached hydrogen (secondary N) is 3. The van der Waals surface area contributed by atoms with Crippen LogP contribution in [-0.4, -0.2) is 114 Å². The van der Waals surface area contributed by atoms with Crippen LogP contribution in [0.3, 0.4) is 0 Å². The summed E-state index contributed by atoms with van der Waals surface area (Å²) in [4.78, 5) is 50.5. The maximum absolute atomic E-state index is 14.6. The highest BCUT2D eigenvalue weighted by atomic mass is 32.2. The summed E-state index contributed by atoms with van der Waals surface area (Å²) in [6.07, 6.45) is 14.2. The number of esters is 1. The molecule has 0 unspecified atom stereocenters. The van der Waals surface area contributed by atoms with Gasteiger partial charge in [-0.15, -0.1) is 0 Å². The minimum absolute atomic E-state index is 0.0117. The number of hydrogen-bond donors (Lipinski definition) is 4. The molecule has 0 atom stereocenters. The molecule has 372 valence electrons. The Kier molecular flexibility index (Phi) is 26.6. The van der Waals surface area contributed by atoms with Crippen molar-refractivity contribution >= 4 is 39.6 Å². The van der Waals surface area contributed by atoms with Crippen LogP contribution in [-0.2, 0) is 54.5 Å². The van der Waals surface area contributed by atoms with Crippen molar-refractivity contribution in [2.24, 2.45) is 0 Å². The largest absolute Gasteiger partial charge is 0.480 e. The lowest BCUT2D eigenvalue weighted by Crippen LogP contribution is -2.31. The van der Waals surface area contributed by atoms with Gasteiger partial charge in [-0.2, -0.15) is 0 Å². The van der Waals surface area contributed by atoms with E-state index in [1.165, 1.54) is 80.4 Å². The zero-order valence-corrected chi connectivity index (χ0v) is 39.9. The number of carboxylic acids is 1. The molecule has 0 spiro atoms. The Balaban J connectivity index is 1.25. The number of ether oxygens (including phenoxy) is 6. The Hall–Kier alpha value is -5.21. The van der Waals surface area contributed by atoms with Gasteiger partial charge in [0.1, 0.15) is 41.9 Å². The van der Waals surface area contributed by atoms with Crippen LogP contribution in [0.1, 0.15) is 114 Å². The normalized spacial score (nSPS) is 11.5. The van der Waals surface area contributed by atoms with Gasteiger partial charge in [-0.1, -0.05) is 57.8 Å². The maximum Gasteiger partial charge on any atom is 0.329 e. The zero-order chi connectivity index (χ0) is 48.8. The predicted octanol–water partition coefficient (Wildman–Crippen LogP) is 7.38. The third-order valence-corrected chi connectivity index (χ3v) is 11.1. The Morgan fingerprint density at radius 1 is 0.672 bits per heavy atom. The third kappa shape index (κ3) is 26.1. The zero-order valence-electron chi connectivity index (χ0n) is 39.1. The van der Waals surface area contributed by atoms with Gasteiger partial charge in [0.05, 0.1) is 50.1 Å². The molecule has 67 heavy (non-hydrogen) atoms. The van der Waals surface area contributed by atoms with Gasteiger partial charge in [0.15, 0.2) is 0 Å². The molecular weight excluding hydrogens is 892 g/mol. The highest BCUT2D eigenvalue weighted by Crippen LogP contribution is 2.27. The summed E-state index contributed by atoms with van der Waals surface area (Å²) in [5, 5.41) is 13.8. The number of amides is 2. The van der Waals surface area contributed by atoms with Crippen LogP contribution >= 0.6 is 0 Å². The van der Waals surface area contributed by atoms with Gasteiger partial charge in [-0.05, 0) is 100 Å². The minimum atomic E-state index is -4.03. The second kappa shape index (κ2) is 31.7. The Labute approximate surface area is 394 Å². The van der Waals surface area contributed by atoms with Crippen molar-refractivity contribution in [2.45, 2.75) is 115 Å². The fourth-order valence-electron chi connectivity index (χ4n) is 6.40. The molecule has 0 fully saturated rings. The van der Waals surface area contributed by atoms with E-state index < -0.39 is 34.1 Å². The molecule has 0 aliphatic rings. The number of halogens is 1. The van der Waals surface area contributed by atoms with Crippen LogP contribution in [0.2, 0.25) is 0 Å². The number of carboxylic acid groups (broad SMARTS) is 1. The van der Waals surface area contributed by atoms with E-state index in [1.807, 2.05) is 20.8 Å².